The van der Waals surface area contributed by atoms with Crippen LogP contribution in [0.2, 0.25) is 0 Å². The predicted molar refractivity (Wildman–Crippen MR) is 111 cm³/mol. The monoisotopic (exact) mass is 405 g/mol. The lowest BCUT2D eigenvalue weighted by molar-refractivity contribution is 0.0936. The summed E-state index contributed by atoms with van der Waals surface area (Å²) >= 11 is 0. The highest BCUT2D eigenvalue weighted by Crippen LogP contribution is 2.19. The number of carbonyl (C=O) groups is 1. The number of fused-ring (bicyclic) bond motifs is 1. The summed E-state index contributed by atoms with van der Waals surface area (Å²) in [5, 5.41) is 11.3. The van der Waals surface area contributed by atoms with Crippen molar-refractivity contribution in [3.63, 3.8) is 0 Å². The SMILES string of the molecule is CC#CCn1c(C(=O)NCc2ccc3nccnc3n2)nnc1N1CCCC(N)C1. The van der Waals surface area contributed by atoms with E-state index in [1.807, 2.05) is 12.1 Å². The fraction of sp³-hybridized carbons (Fsp3) is 0.400. The maximum atomic E-state index is 12.8. The van der Waals surface area contributed by atoms with Gasteiger partial charge in [0, 0.05) is 31.5 Å². The quantitative estimate of drug-likeness (QED) is 0.587. The Morgan fingerprint density at radius 1 is 1.30 bits per heavy atom. The first-order valence-corrected chi connectivity index (χ1v) is 9.84. The van der Waals surface area contributed by atoms with Crippen LogP contribution in [0.5, 0.6) is 0 Å². The molecule has 10 nitrogen and oxygen atoms in total. The lowest BCUT2D eigenvalue weighted by atomic mass is 10.1. The molecule has 0 spiro atoms. The minimum atomic E-state index is -0.339. The molecule has 0 bridgehead atoms. The number of aromatic nitrogens is 6. The standard InChI is InChI=1S/C20H23N9O/c1-2-3-11-29-18(26-27-20(29)28-10-4-5-14(21)13-28)19(30)24-12-15-6-7-16-17(25-15)23-9-8-22-16/h6-9,14H,4-5,10-13,21H2,1H3,(H,24,30). The van der Waals surface area contributed by atoms with E-state index in [9.17, 15) is 4.79 Å². The molecule has 1 aliphatic rings. The van der Waals surface area contributed by atoms with Crippen molar-refractivity contribution in [2.24, 2.45) is 5.73 Å². The van der Waals surface area contributed by atoms with Gasteiger partial charge in [-0.2, -0.15) is 0 Å². The van der Waals surface area contributed by atoms with Gasteiger partial charge in [-0.1, -0.05) is 5.92 Å². The third-order valence-electron chi connectivity index (χ3n) is 4.91. The second-order valence-electron chi connectivity index (χ2n) is 7.07. The van der Waals surface area contributed by atoms with E-state index in [1.165, 1.54) is 0 Å². The zero-order valence-electron chi connectivity index (χ0n) is 16.7. The summed E-state index contributed by atoms with van der Waals surface area (Å²) in [6.45, 7) is 3.84. The fourth-order valence-corrected chi connectivity index (χ4v) is 3.43. The normalized spacial score (nSPS) is 16.2. The van der Waals surface area contributed by atoms with E-state index in [2.05, 4.69) is 47.2 Å². The van der Waals surface area contributed by atoms with Crippen LogP contribution in [0.1, 0.15) is 36.1 Å². The Labute approximate surface area is 173 Å². The number of nitrogens with one attached hydrogen (secondary N) is 1. The first-order chi connectivity index (χ1) is 14.7. The maximum absolute atomic E-state index is 12.8. The van der Waals surface area contributed by atoms with Gasteiger partial charge in [0.25, 0.3) is 5.91 Å². The van der Waals surface area contributed by atoms with Crippen molar-refractivity contribution in [1.29, 1.82) is 0 Å². The number of anilines is 1. The Kier molecular flexibility index (Phi) is 5.81. The Morgan fingerprint density at radius 2 is 2.17 bits per heavy atom. The van der Waals surface area contributed by atoms with Crippen molar-refractivity contribution in [2.75, 3.05) is 18.0 Å². The summed E-state index contributed by atoms with van der Waals surface area (Å²) in [5.74, 6) is 6.36. The van der Waals surface area contributed by atoms with Crippen molar-refractivity contribution in [1.82, 2.24) is 35.0 Å². The van der Waals surface area contributed by atoms with Crippen LogP contribution in [-0.4, -0.2) is 54.8 Å². The summed E-state index contributed by atoms with van der Waals surface area (Å²) in [6, 6.07) is 3.72. The highest BCUT2D eigenvalue weighted by molar-refractivity contribution is 5.91. The average molecular weight is 405 g/mol. The van der Waals surface area contributed by atoms with Gasteiger partial charge in [0.2, 0.25) is 11.8 Å². The van der Waals surface area contributed by atoms with Crippen LogP contribution in [0.15, 0.2) is 24.5 Å². The van der Waals surface area contributed by atoms with Crippen molar-refractivity contribution in [2.45, 2.75) is 38.9 Å². The van der Waals surface area contributed by atoms with Gasteiger partial charge in [-0.05, 0) is 31.9 Å². The number of nitrogens with zero attached hydrogens (tertiary/aromatic N) is 7. The number of hydrogen-bond acceptors (Lipinski definition) is 8. The molecule has 3 aromatic heterocycles. The van der Waals surface area contributed by atoms with Gasteiger partial charge >= 0.3 is 0 Å². The predicted octanol–water partition coefficient (Wildman–Crippen LogP) is 0.497. The summed E-state index contributed by atoms with van der Waals surface area (Å²) in [6.07, 6.45) is 5.16. The van der Waals surface area contributed by atoms with Gasteiger partial charge in [0.1, 0.15) is 5.52 Å². The molecular formula is C20H23N9O. The second kappa shape index (κ2) is 8.84. The molecule has 0 aromatic carbocycles. The number of amides is 1. The smallest absolute Gasteiger partial charge is 0.289 e. The lowest BCUT2D eigenvalue weighted by Crippen LogP contribution is -2.44. The molecule has 1 atom stereocenters. The van der Waals surface area contributed by atoms with E-state index >= 15 is 0 Å². The van der Waals surface area contributed by atoms with Gasteiger partial charge < -0.3 is 16.0 Å². The van der Waals surface area contributed by atoms with Gasteiger partial charge in [0.05, 0.1) is 18.8 Å². The van der Waals surface area contributed by atoms with Crippen LogP contribution in [0.25, 0.3) is 11.2 Å². The highest BCUT2D eigenvalue weighted by Gasteiger charge is 2.25. The van der Waals surface area contributed by atoms with Crippen molar-refractivity contribution >= 4 is 23.0 Å². The highest BCUT2D eigenvalue weighted by atomic mass is 16.2. The largest absolute Gasteiger partial charge is 0.344 e. The Bertz CT molecular complexity index is 1110. The first-order valence-electron chi connectivity index (χ1n) is 9.84. The van der Waals surface area contributed by atoms with Gasteiger partial charge in [-0.3, -0.25) is 14.3 Å². The van der Waals surface area contributed by atoms with E-state index in [0.717, 1.165) is 19.4 Å². The molecule has 10 heteroatoms. The Balaban J connectivity index is 1.52. The maximum Gasteiger partial charge on any atom is 0.289 e. The zero-order chi connectivity index (χ0) is 20.9. The first kappa shape index (κ1) is 19.7. The molecule has 3 N–H and O–H groups in total. The summed E-state index contributed by atoms with van der Waals surface area (Å²) in [7, 11) is 0. The molecule has 154 valence electrons. The van der Waals surface area contributed by atoms with E-state index in [0.29, 0.717) is 35.9 Å². The van der Waals surface area contributed by atoms with Crippen LogP contribution in [0.3, 0.4) is 0 Å². The summed E-state index contributed by atoms with van der Waals surface area (Å²) in [4.78, 5) is 27.7. The third kappa shape index (κ3) is 4.21. The molecule has 1 fully saturated rings. The number of piperidine rings is 1. The van der Waals surface area contributed by atoms with E-state index in [1.54, 1.807) is 23.9 Å². The lowest BCUT2D eigenvalue weighted by Gasteiger charge is -2.31. The molecule has 1 amide bonds. The van der Waals surface area contributed by atoms with Crippen molar-refractivity contribution in [3.05, 3.63) is 36.0 Å². The molecule has 0 radical (unpaired) electrons. The van der Waals surface area contributed by atoms with Gasteiger partial charge in [0.15, 0.2) is 5.65 Å². The van der Waals surface area contributed by atoms with Crippen molar-refractivity contribution in [3.8, 4) is 11.8 Å². The number of rotatable bonds is 5. The Morgan fingerprint density at radius 3 is 3.00 bits per heavy atom. The van der Waals surface area contributed by atoms with Crippen LogP contribution < -0.4 is 16.0 Å². The number of hydrogen-bond donors (Lipinski definition) is 2. The van der Waals surface area contributed by atoms with Crippen molar-refractivity contribution < 1.29 is 4.79 Å². The van der Waals surface area contributed by atoms with Crippen LogP contribution in [0.4, 0.5) is 5.95 Å². The van der Waals surface area contributed by atoms with Gasteiger partial charge in [-0.15, -0.1) is 16.1 Å². The molecule has 30 heavy (non-hydrogen) atoms. The second-order valence-corrected chi connectivity index (χ2v) is 7.07. The average Bonchev–Trinajstić information content (AvgIpc) is 3.20. The Hall–Kier alpha value is -3.58. The molecule has 1 saturated heterocycles. The zero-order valence-corrected chi connectivity index (χ0v) is 16.7. The van der Waals surface area contributed by atoms with Gasteiger partial charge in [-0.25, -0.2) is 9.97 Å². The molecule has 3 aromatic rings. The molecule has 1 aliphatic heterocycles. The van der Waals surface area contributed by atoms with E-state index < -0.39 is 0 Å². The van der Waals surface area contributed by atoms with Crippen LogP contribution >= 0.6 is 0 Å². The summed E-state index contributed by atoms with van der Waals surface area (Å²) in [5.41, 5.74) is 8.03. The minimum Gasteiger partial charge on any atom is -0.344 e. The molecule has 4 rings (SSSR count). The van der Waals surface area contributed by atoms with E-state index in [-0.39, 0.29) is 24.3 Å². The number of nitrogens with two attached hydrogens (primary N) is 1. The fourth-order valence-electron chi connectivity index (χ4n) is 3.43. The molecule has 0 aliphatic carbocycles. The number of pyridine rings is 1. The minimum absolute atomic E-state index is 0.0838. The topological polar surface area (TPSA) is 128 Å². The molecule has 1 unspecified atom stereocenters. The summed E-state index contributed by atoms with van der Waals surface area (Å²) < 4.78 is 1.74. The molecule has 4 heterocycles. The van der Waals surface area contributed by atoms with E-state index in [4.69, 9.17) is 5.73 Å². The molecular weight excluding hydrogens is 382 g/mol. The molecule has 0 saturated carbocycles. The third-order valence-corrected chi connectivity index (χ3v) is 4.91. The van der Waals surface area contributed by atoms with Crippen LogP contribution in [-0.2, 0) is 13.1 Å². The van der Waals surface area contributed by atoms with Crippen LogP contribution in [0, 0.1) is 11.8 Å². The number of carbonyl (C=O) groups excluding carboxylic acids is 1.